The lowest BCUT2D eigenvalue weighted by Crippen LogP contribution is -2.42. The zero-order chi connectivity index (χ0) is 21.3. The summed E-state index contributed by atoms with van der Waals surface area (Å²) in [4.78, 5) is 17.1. The molecule has 1 aliphatic heterocycles. The van der Waals surface area contributed by atoms with Crippen LogP contribution in [0.3, 0.4) is 0 Å². The van der Waals surface area contributed by atoms with Crippen molar-refractivity contribution in [2.75, 3.05) is 44.6 Å². The highest BCUT2D eigenvalue weighted by atomic mass is 32.1. The third-order valence-corrected chi connectivity index (χ3v) is 6.50. The number of para-hydroxylation sites is 1. The van der Waals surface area contributed by atoms with E-state index >= 15 is 0 Å². The zero-order valence-electron chi connectivity index (χ0n) is 18.5. The molecule has 1 aromatic carbocycles. The van der Waals surface area contributed by atoms with Crippen molar-refractivity contribution in [2.24, 2.45) is 0 Å². The predicted octanol–water partition coefficient (Wildman–Crippen LogP) is 4.01. The molecule has 0 radical (unpaired) electrons. The summed E-state index contributed by atoms with van der Waals surface area (Å²) < 4.78 is 0. The average Bonchev–Trinajstić information content (AvgIpc) is 2.97. The molecule has 1 aliphatic carbocycles. The van der Waals surface area contributed by atoms with E-state index in [2.05, 4.69) is 26.5 Å². The summed E-state index contributed by atoms with van der Waals surface area (Å²) in [6.45, 7) is 9.00. The summed E-state index contributed by atoms with van der Waals surface area (Å²) in [6.07, 6.45) is 9.66. The number of nitrogens with one attached hydrogen (secondary N) is 2. The van der Waals surface area contributed by atoms with Crippen molar-refractivity contribution < 1.29 is 4.79 Å². The molecule has 0 bridgehead atoms. The number of amides is 1. The van der Waals surface area contributed by atoms with Gasteiger partial charge in [0.15, 0.2) is 5.11 Å². The van der Waals surface area contributed by atoms with Gasteiger partial charge in [0.25, 0.3) is 0 Å². The van der Waals surface area contributed by atoms with Gasteiger partial charge < -0.3 is 15.5 Å². The van der Waals surface area contributed by atoms with E-state index in [0.29, 0.717) is 6.54 Å². The maximum atomic E-state index is 12.6. The molecule has 1 aromatic rings. The van der Waals surface area contributed by atoms with Gasteiger partial charge in [-0.15, -0.1) is 0 Å². The number of anilines is 1. The quantitative estimate of drug-likeness (QED) is 0.529. The Morgan fingerprint density at radius 3 is 2.60 bits per heavy atom. The summed E-state index contributed by atoms with van der Waals surface area (Å²) in [6, 6.07) is 6.09. The first-order chi connectivity index (χ1) is 14.5. The molecular weight excluding hydrogens is 392 g/mol. The standard InChI is InChI=1S/C24H36N4OS/c1-19-8-6-9-20(2)23(19)26-22(29)18-27-14-7-15-28(17-16-27)24(30)25-13-12-21-10-4-3-5-11-21/h6,8-10H,3-5,7,11-18H2,1-2H3,(H,25,30)(H,26,29). The van der Waals surface area contributed by atoms with Gasteiger partial charge in [-0.3, -0.25) is 9.69 Å². The van der Waals surface area contributed by atoms with Gasteiger partial charge in [-0.05, 0) is 75.7 Å². The molecule has 1 fully saturated rings. The van der Waals surface area contributed by atoms with E-state index in [1.54, 1.807) is 5.57 Å². The Balaban J connectivity index is 1.41. The highest BCUT2D eigenvalue weighted by Crippen LogP contribution is 2.20. The molecule has 0 aromatic heterocycles. The maximum Gasteiger partial charge on any atom is 0.238 e. The van der Waals surface area contributed by atoms with Crippen LogP contribution in [0, 0.1) is 13.8 Å². The average molecular weight is 429 g/mol. The molecule has 164 valence electrons. The zero-order valence-corrected chi connectivity index (χ0v) is 19.3. The number of benzene rings is 1. The molecule has 0 atom stereocenters. The smallest absolute Gasteiger partial charge is 0.238 e. The fourth-order valence-corrected chi connectivity index (χ4v) is 4.58. The molecular formula is C24H36N4OS. The van der Waals surface area contributed by atoms with Gasteiger partial charge in [0.05, 0.1) is 6.54 Å². The molecule has 1 heterocycles. The van der Waals surface area contributed by atoms with Crippen molar-refractivity contribution >= 4 is 28.9 Å². The van der Waals surface area contributed by atoms with E-state index in [4.69, 9.17) is 12.2 Å². The van der Waals surface area contributed by atoms with Gasteiger partial charge in [0.2, 0.25) is 5.91 Å². The van der Waals surface area contributed by atoms with Crippen LogP contribution in [0.2, 0.25) is 0 Å². The molecule has 2 N–H and O–H groups in total. The fraction of sp³-hybridized carbons (Fsp3) is 0.583. The van der Waals surface area contributed by atoms with Crippen molar-refractivity contribution in [2.45, 2.75) is 52.4 Å². The second kappa shape index (κ2) is 11.5. The largest absolute Gasteiger partial charge is 0.362 e. The SMILES string of the molecule is Cc1cccc(C)c1NC(=O)CN1CCCN(C(=S)NCCC2=CCCCC2)CC1. The van der Waals surface area contributed by atoms with Gasteiger partial charge in [0, 0.05) is 38.4 Å². The monoisotopic (exact) mass is 428 g/mol. The Kier molecular flexibility index (Phi) is 8.70. The number of allylic oxidation sites excluding steroid dienone is 1. The topological polar surface area (TPSA) is 47.6 Å². The summed E-state index contributed by atoms with van der Waals surface area (Å²) in [5.41, 5.74) is 4.72. The van der Waals surface area contributed by atoms with Crippen LogP contribution in [0.5, 0.6) is 0 Å². The van der Waals surface area contributed by atoms with E-state index in [1.165, 1.54) is 25.7 Å². The molecule has 5 nitrogen and oxygen atoms in total. The van der Waals surface area contributed by atoms with E-state index < -0.39 is 0 Å². The number of thiocarbonyl (C=S) groups is 1. The molecule has 3 rings (SSSR count). The molecule has 0 saturated carbocycles. The predicted molar refractivity (Wildman–Crippen MR) is 129 cm³/mol. The van der Waals surface area contributed by atoms with E-state index in [9.17, 15) is 4.79 Å². The van der Waals surface area contributed by atoms with E-state index in [1.807, 2.05) is 32.0 Å². The van der Waals surface area contributed by atoms with Crippen molar-refractivity contribution in [3.05, 3.63) is 41.0 Å². The van der Waals surface area contributed by atoms with E-state index in [-0.39, 0.29) is 5.91 Å². The van der Waals surface area contributed by atoms with Crippen molar-refractivity contribution in [3.8, 4) is 0 Å². The number of hydrogen-bond donors (Lipinski definition) is 2. The first-order valence-corrected chi connectivity index (χ1v) is 11.7. The van der Waals surface area contributed by atoms with Gasteiger partial charge in [0.1, 0.15) is 0 Å². The normalized spacial score (nSPS) is 17.8. The Morgan fingerprint density at radius 2 is 1.87 bits per heavy atom. The lowest BCUT2D eigenvalue weighted by atomic mass is 9.97. The number of nitrogens with zero attached hydrogens (tertiary/aromatic N) is 2. The minimum absolute atomic E-state index is 0.0577. The molecule has 0 unspecified atom stereocenters. The highest BCUT2D eigenvalue weighted by Gasteiger charge is 2.19. The second-order valence-electron chi connectivity index (χ2n) is 8.52. The van der Waals surface area contributed by atoms with Crippen molar-refractivity contribution in [3.63, 3.8) is 0 Å². The lowest BCUT2D eigenvalue weighted by molar-refractivity contribution is -0.117. The molecule has 2 aliphatic rings. The Labute approximate surface area is 186 Å². The maximum absolute atomic E-state index is 12.6. The van der Waals surface area contributed by atoms with Crippen LogP contribution in [0.15, 0.2) is 29.8 Å². The molecule has 6 heteroatoms. The van der Waals surface area contributed by atoms with Gasteiger partial charge in [-0.25, -0.2) is 0 Å². The third-order valence-electron chi connectivity index (χ3n) is 6.10. The van der Waals surface area contributed by atoms with Crippen LogP contribution < -0.4 is 10.6 Å². The van der Waals surface area contributed by atoms with Gasteiger partial charge >= 0.3 is 0 Å². The fourth-order valence-electron chi connectivity index (χ4n) is 4.30. The van der Waals surface area contributed by atoms with Crippen LogP contribution in [0.25, 0.3) is 0 Å². The summed E-state index contributed by atoms with van der Waals surface area (Å²) >= 11 is 5.64. The van der Waals surface area contributed by atoms with E-state index in [0.717, 1.165) is 67.5 Å². The number of carbonyl (C=O) groups excluding carboxylic acids is 1. The number of carbonyl (C=O) groups is 1. The third kappa shape index (κ3) is 6.81. The number of hydrogen-bond acceptors (Lipinski definition) is 3. The Bertz CT molecular complexity index is 756. The Hall–Kier alpha value is -1.92. The van der Waals surface area contributed by atoms with Crippen molar-refractivity contribution in [1.29, 1.82) is 0 Å². The minimum atomic E-state index is 0.0577. The van der Waals surface area contributed by atoms with Gasteiger partial charge in [-0.1, -0.05) is 29.8 Å². The first-order valence-electron chi connectivity index (χ1n) is 11.3. The number of aryl methyl sites for hydroxylation is 2. The molecule has 1 amide bonds. The van der Waals surface area contributed by atoms with Crippen LogP contribution in [0.4, 0.5) is 5.69 Å². The minimum Gasteiger partial charge on any atom is -0.362 e. The van der Waals surface area contributed by atoms with Crippen LogP contribution in [0.1, 0.15) is 49.7 Å². The summed E-state index contributed by atoms with van der Waals surface area (Å²) in [5, 5.41) is 7.40. The molecule has 1 saturated heterocycles. The van der Waals surface area contributed by atoms with Crippen LogP contribution in [-0.2, 0) is 4.79 Å². The van der Waals surface area contributed by atoms with Crippen LogP contribution >= 0.6 is 12.2 Å². The van der Waals surface area contributed by atoms with Crippen LogP contribution in [-0.4, -0.2) is 60.1 Å². The number of rotatable bonds is 6. The first kappa shape index (κ1) is 22.8. The lowest BCUT2D eigenvalue weighted by Gasteiger charge is -2.25. The summed E-state index contributed by atoms with van der Waals surface area (Å²) in [7, 11) is 0. The molecule has 0 spiro atoms. The second-order valence-corrected chi connectivity index (χ2v) is 8.91. The van der Waals surface area contributed by atoms with Crippen molar-refractivity contribution in [1.82, 2.24) is 15.1 Å². The molecule has 30 heavy (non-hydrogen) atoms. The summed E-state index contributed by atoms with van der Waals surface area (Å²) in [5.74, 6) is 0.0577. The highest BCUT2D eigenvalue weighted by molar-refractivity contribution is 7.80. The Morgan fingerprint density at radius 1 is 1.07 bits per heavy atom. The van der Waals surface area contributed by atoms with Gasteiger partial charge in [-0.2, -0.15) is 0 Å².